The lowest BCUT2D eigenvalue weighted by Gasteiger charge is -2.51. The second kappa shape index (κ2) is 5.80. The highest BCUT2D eigenvalue weighted by Gasteiger charge is 2.67. The molecule has 1 aliphatic heterocycles. The van der Waals surface area contributed by atoms with Gasteiger partial charge in [-0.2, -0.15) is 0 Å². The van der Waals surface area contributed by atoms with Crippen molar-refractivity contribution in [3.05, 3.63) is 100 Å². The molecule has 0 N–H and O–H groups in total. The maximum absolute atomic E-state index is 13.7. The monoisotopic (exact) mass is 463 g/mol. The van der Waals surface area contributed by atoms with E-state index in [1.165, 1.54) is 4.90 Å². The van der Waals surface area contributed by atoms with Crippen molar-refractivity contribution in [3.63, 3.8) is 0 Å². The van der Waals surface area contributed by atoms with Crippen LogP contribution >= 0.6 is 27.5 Å². The quantitative estimate of drug-likeness (QED) is 0.365. The summed E-state index contributed by atoms with van der Waals surface area (Å²) in [6.07, 6.45) is 0. The van der Waals surface area contributed by atoms with Crippen LogP contribution in [0.4, 0.5) is 5.69 Å². The third-order valence-corrected chi connectivity index (χ3v) is 8.20. The van der Waals surface area contributed by atoms with Crippen LogP contribution in [0.3, 0.4) is 0 Å². The molecule has 3 nitrogen and oxygen atoms in total. The zero-order chi connectivity index (χ0) is 19.9. The summed E-state index contributed by atoms with van der Waals surface area (Å²) in [5.41, 5.74) is 5.00. The molecule has 29 heavy (non-hydrogen) atoms. The van der Waals surface area contributed by atoms with Crippen molar-refractivity contribution in [3.8, 4) is 0 Å². The van der Waals surface area contributed by atoms with E-state index in [0.717, 1.165) is 22.3 Å². The van der Waals surface area contributed by atoms with Gasteiger partial charge in [0.15, 0.2) is 0 Å². The third kappa shape index (κ3) is 2.03. The van der Waals surface area contributed by atoms with E-state index in [4.69, 9.17) is 11.6 Å². The van der Waals surface area contributed by atoms with Gasteiger partial charge in [0.05, 0.1) is 21.8 Å². The molecular weight excluding hydrogens is 450 g/mol. The van der Waals surface area contributed by atoms with Gasteiger partial charge in [-0.05, 0) is 46.5 Å². The number of imide groups is 1. The van der Waals surface area contributed by atoms with Crippen LogP contribution in [-0.4, -0.2) is 11.8 Å². The van der Waals surface area contributed by atoms with Crippen molar-refractivity contribution in [1.82, 2.24) is 0 Å². The number of halogens is 2. The molecule has 0 saturated carbocycles. The van der Waals surface area contributed by atoms with Gasteiger partial charge in [-0.3, -0.25) is 9.59 Å². The molecule has 0 aromatic heterocycles. The van der Waals surface area contributed by atoms with E-state index in [0.29, 0.717) is 10.7 Å². The molecule has 1 saturated heterocycles. The van der Waals surface area contributed by atoms with Crippen LogP contribution in [0.25, 0.3) is 0 Å². The van der Waals surface area contributed by atoms with Crippen molar-refractivity contribution < 1.29 is 9.59 Å². The topological polar surface area (TPSA) is 37.4 Å². The molecule has 7 rings (SSSR count). The SMILES string of the molecule is O=C1[C@@H]2[C@@H](C(=O)N1c1ccc(Cl)cc1)C1c3ccccc3C2(Br)c2ccccc21. The summed E-state index contributed by atoms with van der Waals surface area (Å²) in [7, 11) is 0. The van der Waals surface area contributed by atoms with E-state index >= 15 is 0 Å². The van der Waals surface area contributed by atoms with Gasteiger partial charge in [0.2, 0.25) is 11.8 Å². The maximum atomic E-state index is 13.7. The van der Waals surface area contributed by atoms with Crippen molar-refractivity contribution in [2.45, 2.75) is 10.2 Å². The van der Waals surface area contributed by atoms with Crippen LogP contribution < -0.4 is 4.90 Å². The summed E-state index contributed by atoms with van der Waals surface area (Å²) >= 11 is 10.0. The van der Waals surface area contributed by atoms with Gasteiger partial charge in [0.25, 0.3) is 0 Å². The summed E-state index contributed by atoms with van der Waals surface area (Å²) < 4.78 is -0.715. The number of hydrogen-bond donors (Lipinski definition) is 0. The molecule has 142 valence electrons. The molecular formula is C24H15BrClNO2. The van der Waals surface area contributed by atoms with Gasteiger partial charge in [-0.1, -0.05) is 76.1 Å². The van der Waals surface area contributed by atoms with Crippen LogP contribution in [0.15, 0.2) is 72.8 Å². The van der Waals surface area contributed by atoms with E-state index < -0.39 is 16.2 Å². The van der Waals surface area contributed by atoms with Crippen molar-refractivity contribution in [1.29, 1.82) is 0 Å². The summed E-state index contributed by atoms with van der Waals surface area (Å²) in [5, 5.41) is 0.571. The van der Waals surface area contributed by atoms with Crippen LogP contribution in [0.2, 0.25) is 5.02 Å². The minimum atomic E-state index is -0.715. The molecule has 1 heterocycles. The Bertz CT molecular complexity index is 1160. The molecule has 0 spiro atoms. The Labute approximate surface area is 181 Å². The summed E-state index contributed by atoms with van der Waals surface area (Å²) in [6.45, 7) is 0. The lowest BCUT2D eigenvalue weighted by Crippen LogP contribution is -2.50. The largest absolute Gasteiger partial charge is 0.274 e. The molecule has 4 aliphatic rings. The molecule has 3 aromatic rings. The second-order valence-electron chi connectivity index (χ2n) is 7.86. The maximum Gasteiger partial charge on any atom is 0.239 e. The Kier molecular flexibility index (Phi) is 3.49. The highest BCUT2D eigenvalue weighted by molar-refractivity contribution is 9.09. The molecule has 5 heteroatoms. The van der Waals surface area contributed by atoms with E-state index in [-0.39, 0.29) is 17.7 Å². The highest BCUT2D eigenvalue weighted by atomic mass is 79.9. The first-order valence-electron chi connectivity index (χ1n) is 9.54. The number of carbonyl (C=O) groups is 2. The molecule has 0 radical (unpaired) electrons. The Hall–Kier alpha value is -2.43. The first kappa shape index (κ1) is 17.4. The van der Waals surface area contributed by atoms with Gasteiger partial charge in [-0.15, -0.1) is 0 Å². The third-order valence-electron chi connectivity index (χ3n) is 6.60. The molecule has 3 aliphatic carbocycles. The minimum Gasteiger partial charge on any atom is -0.274 e. The number of anilines is 1. The van der Waals surface area contributed by atoms with Crippen LogP contribution in [-0.2, 0) is 13.9 Å². The number of rotatable bonds is 1. The van der Waals surface area contributed by atoms with E-state index in [9.17, 15) is 9.59 Å². The van der Waals surface area contributed by atoms with Crippen molar-refractivity contribution >= 4 is 45.0 Å². The summed E-state index contributed by atoms with van der Waals surface area (Å²) in [5.74, 6) is -1.34. The second-order valence-corrected chi connectivity index (χ2v) is 9.54. The molecule has 2 bridgehead atoms. The first-order valence-corrected chi connectivity index (χ1v) is 10.7. The number of benzene rings is 3. The van der Waals surface area contributed by atoms with Crippen molar-refractivity contribution in [2.24, 2.45) is 11.8 Å². The Morgan fingerprint density at radius 3 is 1.93 bits per heavy atom. The summed E-state index contributed by atoms with van der Waals surface area (Å²) in [6, 6.07) is 23.2. The lowest BCUT2D eigenvalue weighted by molar-refractivity contribution is -0.122. The highest BCUT2D eigenvalue weighted by Crippen LogP contribution is 2.66. The zero-order valence-electron chi connectivity index (χ0n) is 15.2. The normalized spacial score (nSPS) is 28.9. The van der Waals surface area contributed by atoms with E-state index in [1.807, 2.05) is 24.3 Å². The summed E-state index contributed by atoms with van der Waals surface area (Å²) in [4.78, 5) is 28.7. The number of alkyl halides is 1. The number of amides is 2. The fraction of sp³-hybridized carbons (Fsp3) is 0.167. The van der Waals surface area contributed by atoms with Crippen LogP contribution in [0, 0.1) is 11.8 Å². The standard InChI is InChI=1S/C24H15BrClNO2/c25-24-17-7-3-1-5-15(17)19(16-6-2-4-8-18(16)24)20-21(24)23(29)27(22(20)28)14-11-9-13(26)10-12-14/h1-12,19-21H/t19?,20-,21-,24?/m0/s1. The van der Waals surface area contributed by atoms with Crippen LogP contribution in [0.1, 0.15) is 28.2 Å². The lowest BCUT2D eigenvalue weighted by atomic mass is 9.55. The van der Waals surface area contributed by atoms with Crippen LogP contribution in [0.5, 0.6) is 0 Å². The van der Waals surface area contributed by atoms with Gasteiger partial charge in [-0.25, -0.2) is 4.90 Å². The first-order chi connectivity index (χ1) is 14.0. The smallest absolute Gasteiger partial charge is 0.239 e. The predicted octanol–water partition coefficient (Wildman–Crippen LogP) is 5.24. The fourth-order valence-corrected chi connectivity index (χ4v) is 6.85. The Balaban J connectivity index is 1.61. The average molecular weight is 465 g/mol. The van der Waals surface area contributed by atoms with Crippen molar-refractivity contribution in [2.75, 3.05) is 4.90 Å². The van der Waals surface area contributed by atoms with Gasteiger partial charge >= 0.3 is 0 Å². The van der Waals surface area contributed by atoms with Gasteiger partial charge < -0.3 is 0 Å². The molecule has 2 amide bonds. The number of carbonyl (C=O) groups excluding carboxylic acids is 2. The molecule has 1 fully saturated rings. The van der Waals surface area contributed by atoms with E-state index in [1.54, 1.807) is 24.3 Å². The molecule has 2 atom stereocenters. The Morgan fingerprint density at radius 1 is 0.793 bits per heavy atom. The number of hydrogen-bond acceptors (Lipinski definition) is 2. The van der Waals surface area contributed by atoms with Gasteiger partial charge in [0, 0.05) is 10.9 Å². The van der Waals surface area contributed by atoms with E-state index in [2.05, 4.69) is 40.2 Å². The average Bonchev–Trinajstić information content (AvgIpc) is 3.01. The Morgan fingerprint density at radius 2 is 1.34 bits per heavy atom. The number of nitrogens with zero attached hydrogens (tertiary/aromatic N) is 1. The predicted molar refractivity (Wildman–Crippen MR) is 115 cm³/mol. The fourth-order valence-electron chi connectivity index (χ4n) is 5.52. The minimum absolute atomic E-state index is 0.124. The molecule has 0 unspecified atom stereocenters. The molecule has 3 aromatic carbocycles. The van der Waals surface area contributed by atoms with Gasteiger partial charge in [0.1, 0.15) is 0 Å². The zero-order valence-corrected chi connectivity index (χ0v) is 17.5.